The second-order valence-electron chi connectivity index (χ2n) is 5.66. The highest BCUT2D eigenvalue weighted by Crippen LogP contribution is 2.28. The van der Waals surface area contributed by atoms with E-state index in [2.05, 4.69) is 10.3 Å². The summed E-state index contributed by atoms with van der Waals surface area (Å²) in [5, 5.41) is 3.32. The molecule has 0 saturated heterocycles. The Morgan fingerprint density at radius 1 is 1.42 bits per heavy atom. The highest BCUT2D eigenvalue weighted by molar-refractivity contribution is 7.15. The number of nitrogens with one attached hydrogen (secondary N) is 1. The van der Waals surface area contributed by atoms with Crippen molar-refractivity contribution in [2.24, 2.45) is 0 Å². The molecular weight excluding hydrogens is 326 g/mol. The first-order chi connectivity index (χ1) is 11.5. The van der Waals surface area contributed by atoms with Crippen molar-refractivity contribution in [3.8, 4) is 5.75 Å². The van der Waals surface area contributed by atoms with Gasteiger partial charge >= 0.3 is 0 Å². The fraction of sp³-hybridized carbons (Fsp3) is 0.353. The number of aromatic nitrogens is 1. The maximum Gasteiger partial charge on any atom is 0.227 e. The fourth-order valence-corrected chi connectivity index (χ4v) is 3.75. The van der Waals surface area contributed by atoms with Gasteiger partial charge in [-0.3, -0.25) is 9.59 Å². The summed E-state index contributed by atoms with van der Waals surface area (Å²) < 4.78 is 5.20. The molecule has 2 heterocycles. The second-order valence-corrected chi connectivity index (χ2v) is 6.75. The van der Waals surface area contributed by atoms with Gasteiger partial charge in [0.15, 0.2) is 5.13 Å². The van der Waals surface area contributed by atoms with Crippen LogP contribution in [0, 0.1) is 0 Å². The molecule has 1 aliphatic heterocycles. The molecule has 3 rings (SSSR count). The van der Waals surface area contributed by atoms with E-state index in [1.54, 1.807) is 7.11 Å². The number of rotatable bonds is 4. The van der Waals surface area contributed by atoms with E-state index >= 15 is 0 Å². The van der Waals surface area contributed by atoms with Crippen molar-refractivity contribution in [3.63, 3.8) is 0 Å². The van der Waals surface area contributed by atoms with Crippen LogP contribution in [0.2, 0.25) is 0 Å². The summed E-state index contributed by atoms with van der Waals surface area (Å²) in [6.07, 6.45) is 1.07. The van der Waals surface area contributed by atoms with Gasteiger partial charge in [-0.15, -0.1) is 0 Å². The van der Waals surface area contributed by atoms with E-state index in [1.165, 1.54) is 18.3 Å². The van der Waals surface area contributed by atoms with E-state index in [4.69, 9.17) is 4.74 Å². The van der Waals surface area contributed by atoms with Gasteiger partial charge in [-0.1, -0.05) is 23.5 Å². The van der Waals surface area contributed by atoms with Gasteiger partial charge < -0.3 is 15.0 Å². The van der Waals surface area contributed by atoms with E-state index < -0.39 is 0 Å². The first-order valence-corrected chi connectivity index (χ1v) is 8.53. The molecule has 2 amide bonds. The van der Waals surface area contributed by atoms with Crippen molar-refractivity contribution in [2.75, 3.05) is 19.0 Å². The molecule has 7 heteroatoms. The first kappa shape index (κ1) is 16.4. The lowest BCUT2D eigenvalue weighted by molar-refractivity contribution is -0.131. The van der Waals surface area contributed by atoms with Crippen LogP contribution in [0.5, 0.6) is 5.75 Å². The number of hydrogen-bond acceptors (Lipinski definition) is 5. The molecule has 6 nitrogen and oxygen atoms in total. The normalized spacial score (nSPS) is 13.3. The molecule has 0 fully saturated rings. The predicted molar refractivity (Wildman–Crippen MR) is 92.2 cm³/mol. The molecule has 0 spiro atoms. The van der Waals surface area contributed by atoms with E-state index in [0.717, 1.165) is 28.3 Å². The summed E-state index contributed by atoms with van der Waals surface area (Å²) in [6.45, 7) is 2.67. The smallest absolute Gasteiger partial charge is 0.227 e. The molecular formula is C17H19N3O3S. The average Bonchev–Trinajstić information content (AvgIpc) is 2.95. The lowest BCUT2D eigenvalue weighted by atomic mass is 10.1. The van der Waals surface area contributed by atoms with Crippen molar-refractivity contribution in [1.29, 1.82) is 0 Å². The number of fused-ring (bicyclic) bond motifs is 1. The number of carbonyl (C=O) groups excluding carboxylic acids is 2. The third-order valence-electron chi connectivity index (χ3n) is 3.86. The first-order valence-electron chi connectivity index (χ1n) is 7.72. The molecule has 1 aromatic heterocycles. The Hall–Kier alpha value is -2.41. The van der Waals surface area contributed by atoms with Gasteiger partial charge in [-0.25, -0.2) is 4.98 Å². The lowest BCUT2D eigenvalue weighted by Crippen LogP contribution is -2.36. The summed E-state index contributed by atoms with van der Waals surface area (Å²) >= 11 is 1.44. The third-order valence-corrected chi connectivity index (χ3v) is 4.85. The minimum atomic E-state index is -0.132. The molecule has 2 aromatic rings. The topological polar surface area (TPSA) is 71.5 Å². The second kappa shape index (κ2) is 7.00. The van der Waals surface area contributed by atoms with Crippen LogP contribution in [0.15, 0.2) is 24.3 Å². The van der Waals surface area contributed by atoms with E-state index in [0.29, 0.717) is 24.6 Å². The summed E-state index contributed by atoms with van der Waals surface area (Å²) in [5.74, 6) is 0.707. The van der Waals surface area contributed by atoms with E-state index in [1.807, 2.05) is 29.2 Å². The zero-order valence-electron chi connectivity index (χ0n) is 13.7. The Bertz CT molecular complexity index is 772. The number of nitrogens with zero attached hydrogens (tertiary/aromatic N) is 2. The summed E-state index contributed by atoms with van der Waals surface area (Å²) in [6, 6.07) is 7.56. The molecule has 1 aromatic carbocycles. The van der Waals surface area contributed by atoms with Crippen molar-refractivity contribution in [2.45, 2.75) is 26.3 Å². The van der Waals surface area contributed by atoms with Crippen LogP contribution < -0.4 is 10.1 Å². The Kier molecular flexibility index (Phi) is 4.80. The monoisotopic (exact) mass is 345 g/mol. The van der Waals surface area contributed by atoms with Crippen LogP contribution in [0.4, 0.5) is 5.13 Å². The minimum Gasteiger partial charge on any atom is -0.497 e. The molecule has 0 aliphatic carbocycles. The van der Waals surface area contributed by atoms with Crippen LogP contribution in [0.1, 0.15) is 23.1 Å². The van der Waals surface area contributed by atoms with Crippen LogP contribution >= 0.6 is 11.3 Å². The van der Waals surface area contributed by atoms with Crippen molar-refractivity contribution < 1.29 is 14.3 Å². The van der Waals surface area contributed by atoms with Gasteiger partial charge in [0.25, 0.3) is 0 Å². The summed E-state index contributed by atoms with van der Waals surface area (Å²) in [4.78, 5) is 31.0. The maximum atomic E-state index is 12.6. The van der Waals surface area contributed by atoms with Crippen molar-refractivity contribution >= 4 is 28.3 Å². The average molecular weight is 345 g/mol. The van der Waals surface area contributed by atoms with Crippen LogP contribution in [0.3, 0.4) is 0 Å². The van der Waals surface area contributed by atoms with E-state index in [9.17, 15) is 9.59 Å². The van der Waals surface area contributed by atoms with Crippen molar-refractivity contribution in [3.05, 3.63) is 40.4 Å². The molecule has 0 atom stereocenters. The summed E-state index contributed by atoms with van der Waals surface area (Å²) in [7, 11) is 1.61. The molecule has 1 N–H and O–H groups in total. The predicted octanol–water partition coefficient (Wildman–Crippen LogP) is 2.24. The number of ether oxygens (including phenoxy) is 1. The number of benzene rings is 1. The van der Waals surface area contributed by atoms with Gasteiger partial charge in [0.2, 0.25) is 11.8 Å². The Morgan fingerprint density at radius 3 is 3.00 bits per heavy atom. The fourth-order valence-electron chi connectivity index (χ4n) is 2.68. The highest BCUT2D eigenvalue weighted by Gasteiger charge is 2.24. The molecule has 0 bridgehead atoms. The van der Waals surface area contributed by atoms with Gasteiger partial charge in [-0.05, 0) is 17.7 Å². The molecule has 1 aliphatic rings. The highest BCUT2D eigenvalue weighted by atomic mass is 32.1. The number of thiazole rings is 1. The maximum absolute atomic E-state index is 12.6. The van der Waals surface area contributed by atoms with Crippen LogP contribution in [0.25, 0.3) is 0 Å². The SMILES string of the molecule is COc1cccc(CC(=O)N2CCc3nc(NC(C)=O)sc3C2)c1. The Morgan fingerprint density at radius 2 is 2.25 bits per heavy atom. The number of anilines is 1. The van der Waals surface area contributed by atoms with Crippen molar-refractivity contribution in [1.82, 2.24) is 9.88 Å². The molecule has 0 unspecified atom stereocenters. The zero-order chi connectivity index (χ0) is 17.1. The van der Waals surface area contributed by atoms with Crippen LogP contribution in [-0.4, -0.2) is 35.4 Å². The number of carbonyl (C=O) groups is 2. The third kappa shape index (κ3) is 3.73. The van der Waals surface area contributed by atoms with Gasteiger partial charge in [0.05, 0.1) is 25.8 Å². The van der Waals surface area contributed by atoms with Gasteiger partial charge in [-0.2, -0.15) is 0 Å². The minimum absolute atomic E-state index is 0.0865. The molecule has 126 valence electrons. The Labute approximate surface area is 144 Å². The number of methoxy groups -OCH3 is 1. The van der Waals surface area contributed by atoms with Gasteiger partial charge in [0, 0.05) is 24.8 Å². The van der Waals surface area contributed by atoms with Crippen LogP contribution in [-0.2, 0) is 29.0 Å². The molecule has 24 heavy (non-hydrogen) atoms. The van der Waals surface area contributed by atoms with Gasteiger partial charge in [0.1, 0.15) is 5.75 Å². The standard InChI is InChI=1S/C17H19N3O3S/c1-11(21)18-17-19-14-6-7-20(10-15(14)24-17)16(22)9-12-4-3-5-13(8-12)23-2/h3-5,8H,6-7,9-10H2,1-2H3,(H,18,19,21). The lowest BCUT2D eigenvalue weighted by Gasteiger charge is -2.26. The number of amides is 2. The molecule has 0 saturated carbocycles. The quantitative estimate of drug-likeness (QED) is 0.922. The summed E-state index contributed by atoms with van der Waals surface area (Å²) in [5.41, 5.74) is 1.92. The molecule has 0 radical (unpaired) electrons. The largest absolute Gasteiger partial charge is 0.497 e. The Balaban J connectivity index is 1.66. The zero-order valence-corrected chi connectivity index (χ0v) is 14.5. The van der Waals surface area contributed by atoms with E-state index in [-0.39, 0.29) is 11.8 Å². The number of hydrogen-bond donors (Lipinski definition) is 1.